The minimum absolute atomic E-state index is 0.161. The first-order valence-corrected chi connectivity index (χ1v) is 5.75. The molecule has 0 saturated heterocycles. The predicted octanol–water partition coefficient (Wildman–Crippen LogP) is 2.46. The van der Waals surface area contributed by atoms with Crippen molar-refractivity contribution in [3.63, 3.8) is 0 Å². The maximum atomic E-state index is 5.83. The molecule has 0 radical (unpaired) electrons. The second kappa shape index (κ2) is 4.84. The van der Waals surface area contributed by atoms with Gasteiger partial charge in [0.2, 0.25) is 5.28 Å². The lowest BCUT2D eigenvalue weighted by atomic mass is 10.5. The molecule has 0 aliphatic carbocycles. The van der Waals surface area contributed by atoms with Gasteiger partial charge < -0.3 is 4.74 Å². The van der Waals surface area contributed by atoms with Gasteiger partial charge in [-0.05, 0) is 18.0 Å². The first kappa shape index (κ1) is 11.4. The van der Waals surface area contributed by atoms with Gasteiger partial charge in [0.15, 0.2) is 5.65 Å². The van der Waals surface area contributed by atoms with E-state index in [9.17, 15) is 0 Å². The zero-order chi connectivity index (χ0) is 11.5. The first-order chi connectivity index (χ1) is 7.76. The van der Waals surface area contributed by atoms with E-state index < -0.39 is 0 Å². The largest absolute Gasteiger partial charge is 0.465 e. The Bertz CT molecular complexity index is 499. The van der Waals surface area contributed by atoms with E-state index in [0.29, 0.717) is 23.8 Å². The van der Waals surface area contributed by atoms with Crippen molar-refractivity contribution in [2.75, 3.05) is 6.61 Å². The molecule has 86 valence electrons. The second-order valence-electron chi connectivity index (χ2n) is 3.14. The van der Waals surface area contributed by atoms with Crippen molar-refractivity contribution in [2.24, 2.45) is 0 Å². The van der Waals surface area contributed by atoms with E-state index >= 15 is 0 Å². The maximum Gasteiger partial charge on any atom is 0.300 e. The third-order valence-electron chi connectivity index (χ3n) is 2.00. The average molecular weight is 261 g/mol. The molecule has 0 fully saturated rings. The number of aromatic nitrogens is 4. The summed E-state index contributed by atoms with van der Waals surface area (Å²) in [5.41, 5.74) is 1.21. The molecular formula is C9H10Cl2N4O. The highest BCUT2D eigenvalue weighted by molar-refractivity contribution is 6.28. The summed E-state index contributed by atoms with van der Waals surface area (Å²) in [5.74, 6) is 0. The highest BCUT2D eigenvalue weighted by atomic mass is 35.5. The quantitative estimate of drug-likeness (QED) is 0.626. The van der Waals surface area contributed by atoms with Crippen LogP contribution in [0.1, 0.15) is 13.3 Å². The van der Waals surface area contributed by atoms with Crippen LogP contribution in [0.4, 0.5) is 0 Å². The van der Waals surface area contributed by atoms with Crippen LogP contribution < -0.4 is 4.74 Å². The summed E-state index contributed by atoms with van der Waals surface area (Å²) >= 11 is 11.5. The van der Waals surface area contributed by atoms with Crippen LogP contribution in [0, 0.1) is 0 Å². The Morgan fingerprint density at radius 2 is 2.25 bits per heavy atom. The lowest BCUT2D eigenvalue weighted by molar-refractivity contribution is 0.284. The van der Waals surface area contributed by atoms with Crippen LogP contribution in [-0.4, -0.2) is 26.1 Å². The van der Waals surface area contributed by atoms with Gasteiger partial charge in [-0.2, -0.15) is 9.97 Å². The summed E-state index contributed by atoms with van der Waals surface area (Å²) in [7, 11) is 0. The number of nitrogens with zero attached hydrogens (tertiary/aromatic N) is 4. The van der Waals surface area contributed by atoms with Gasteiger partial charge in [-0.3, -0.25) is 4.57 Å². The number of hydrogen-bond donors (Lipinski definition) is 0. The Morgan fingerprint density at radius 1 is 1.44 bits per heavy atom. The van der Waals surface area contributed by atoms with Gasteiger partial charge >= 0.3 is 0 Å². The fraction of sp³-hybridized carbons (Fsp3) is 0.444. The van der Waals surface area contributed by atoms with E-state index in [-0.39, 0.29) is 11.3 Å². The van der Waals surface area contributed by atoms with Crippen LogP contribution in [0.25, 0.3) is 11.2 Å². The van der Waals surface area contributed by atoms with E-state index in [2.05, 4.69) is 15.0 Å². The molecular weight excluding hydrogens is 251 g/mol. The van der Waals surface area contributed by atoms with Crippen LogP contribution in [0.15, 0.2) is 6.20 Å². The normalized spacial score (nSPS) is 10.9. The summed E-state index contributed by atoms with van der Waals surface area (Å²) in [4.78, 5) is 12.1. The molecule has 7 heteroatoms. The molecule has 0 amide bonds. The molecule has 0 aromatic carbocycles. The van der Waals surface area contributed by atoms with Crippen molar-refractivity contribution in [1.82, 2.24) is 19.5 Å². The van der Waals surface area contributed by atoms with E-state index in [1.165, 1.54) is 0 Å². The van der Waals surface area contributed by atoms with E-state index in [1.54, 1.807) is 10.8 Å². The van der Waals surface area contributed by atoms with E-state index in [4.69, 9.17) is 27.9 Å². The first-order valence-electron chi connectivity index (χ1n) is 4.83. The highest BCUT2D eigenvalue weighted by Crippen LogP contribution is 2.21. The maximum absolute atomic E-state index is 5.83. The van der Waals surface area contributed by atoms with E-state index in [1.807, 2.05) is 6.92 Å². The van der Waals surface area contributed by atoms with E-state index in [0.717, 1.165) is 6.42 Å². The zero-order valence-corrected chi connectivity index (χ0v) is 10.2. The van der Waals surface area contributed by atoms with Crippen LogP contribution in [0.5, 0.6) is 6.01 Å². The summed E-state index contributed by atoms with van der Waals surface area (Å²) in [5, 5.41) is 0.161. The summed E-state index contributed by atoms with van der Waals surface area (Å²) in [6, 6.07) is 0.684. The number of fused-ring (bicyclic) bond motifs is 1. The van der Waals surface area contributed by atoms with Gasteiger partial charge in [0.1, 0.15) is 11.5 Å². The number of halogens is 2. The number of hydrogen-bond acceptors (Lipinski definition) is 4. The van der Waals surface area contributed by atoms with Crippen molar-refractivity contribution >= 4 is 34.4 Å². The Hall–Kier alpha value is -1.07. The molecule has 2 rings (SSSR count). The van der Waals surface area contributed by atoms with Crippen molar-refractivity contribution in [2.45, 2.75) is 19.3 Å². The van der Waals surface area contributed by atoms with Crippen molar-refractivity contribution in [1.29, 1.82) is 0 Å². The van der Waals surface area contributed by atoms with Gasteiger partial charge in [0.25, 0.3) is 6.01 Å². The molecule has 16 heavy (non-hydrogen) atoms. The third-order valence-corrected chi connectivity index (χ3v) is 2.42. The number of ether oxygens (including phenoxy) is 1. The van der Waals surface area contributed by atoms with Crippen LogP contribution in [0.2, 0.25) is 5.28 Å². The molecule has 2 heterocycles. The predicted molar refractivity (Wildman–Crippen MR) is 62.0 cm³/mol. The Kier molecular flexibility index (Phi) is 3.46. The van der Waals surface area contributed by atoms with Crippen molar-refractivity contribution < 1.29 is 4.74 Å². The molecule has 0 bridgehead atoms. The molecule has 5 nitrogen and oxygen atoms in total. The lowest BCUT2D eigenvalue weighted by Gasteiger charge is -2.04. The molecule has 2 aromatic rings. The molecule has 0 unspecified atom stereocenters. The average Bonchev–Trinajstić information content (AvgIpc) is 2.62. The Morgan fingerprint density at radius 3 is 2.94 bits per heavy atom. The third kappa shape index (κ3) is 2.05. The highest BCUT2D eigenvalue weighted by Gasteiger charge is 2.12. The summed E-state index contributed by atoms with van der Waals surface area (Å²) in [6.07, 6.45) is 2.48. The molecule has 2 aromatic heterocycles. The molecule has 0 N–H and O–H groups in total. The van der Waals surface area contributed by atoms with Gasteiger partial charge in [-0.15, -0.1) is 11.6 Å². The SMILES string of the molecule is CCCOc1nc2nc(Cl)ncc2n1CCl. The smallest absolute Gasteiger partial charge is 0.300 e. The fourth-order valence-corrected chi connectivity index (χ4v) is 1.65. The molecule has 0 spiro atoms. The van der Waals surface area contributed by atoms with Gasteiger partial charge in [0.05, 0.1) is 12.8 Å². The molecule has 0 saturated carbocycles. The Labute approximate surface area is 102 Å². The van der Waals surface area contributed by atoms with Crippen LogP contribution in [-0.2, 0) is 6.00 Å². The molecule has 0 aliphatic heterocycles. The van der Waals surface area contributed by atoms with Gasteiger partial charge in [0, 0.05) is 0 Å². The van der Waals surface area contributed by atoms with Gasteiger partial charge in [-0.25, -0.2) is 4.98 Å². The summed E-state index contributed by atoms with van der Waals surface area (Å²) in [6.45, 7) is 2.60. The number of rotatable bonds is 4. The minimum atomic E-state index is 0.161. The lowest BCUT2D eigenvalue weighted by Crippen LogP contribution is -2.02. The topological polar surface area (TPSA) is 52.8 Å². The van der Waals surface area contributed by atoms with Crippen LogP contribution >= 0.6 is 23.2 Å². The molecule has 0 atom stereocenters. The number of imidazole rings is 1. The monoisotopic (exact) mass is 260 g/mol. The standard InChI is InChI=1S/C9H10Cl2N4O/c1-2-3-16-9-14-7-6(15(9)5-10)4-12-8(11)13-7/h4H,2-3,5H2,1H3. The number of alkyl halides is 1. The van der Waals surface area contributed by atoms with Crippen LogP contribution in [0.3, 0.4) is 0 Å². The Balaban J connectivity index is 2.48. The minimum Gasteiger partial charge on any atom is -0.465 e. The van der Waals surface area contributed by atoms with Crippen molar-refractivity contribution in [3.8, 4) is 6.01 Å². The van der Waals surface area contributed by atoms with Gasteiger partial charge in [-0.1, -0.05) is 6.92 Å². The second-order valence-corrected chi connectivity index (χ2v) is 3.72. The fourth-order valence-electron chi connectivity index (χ4n) is 1.29. The summed E-state index contributed by atoms with van der Waals surface area (Å²) < 4.78 is 7.16. The van der Waals surface area contributed by atoms with Crippen molar-refractivity contribution in [3.05, 3.63) is 11.5 Å². The molecule has 0 aliphatic rings. The zero-order valence-electron chi connectivity index (χ0n) is 8.65.